The van der Waals surface area contributed by atoms with Gasteiger partial charge in [0.25, 0.3) is 0 Å². The van der Waals surface area contributed by atoms with Crippen molar-refractivity contribution in [2.24, 2.45) is 5.92 Å². The summed E-state index contributed by atoms with van der Waals surface area (Å²) < 4.78 is 36.0. The Hall–Kier alpha value is -3.10. The van der Waals surface area contributed by atoms with Crippen LogP contribution >= 0.6 is 0 Å². The number of furan rings is 1. The molecule has 1 unspecified atom stereocenters. The van der Waals surface area contributed by atoms with Gasteiger partial charge in [0.1, 0.15) is 17.2 Å². The van der Waals surface area contributed by atoms with Crippen molar-refractivity contribution in [2.75, 3.05) is 0 Å². The monoisotopic (exact) mass is 440 g/mol. The summed E-state index contributed by atoms with van der Waals surface area (Å²) in [4.78, 5) is 11.4. The molecule has 2 aromatic heterocycles. The standard InChI is InChI=1S/C23H24N2O5S/c1-13(2)22(23(26)27)24-31(28,29)17-8-10-20-19(12-17)18-9-7-16(11-21(18)30-20)25-14(3)5-6-15(25)4/h5-13,22,24H,1-4H3,(H,26,27). The van der Waals surface area contributed by atoms with Crippen LogP contribution in [0.25, 0.3) is 27.6 Å². The molecule has 162 valence electrons. The van der Waals surface area contributed by atoms with E-state index in [1.807, 2.05) is 44.2 Å². The molecule has 0 saturated carbocycles. The first-order valence-corrected chi connectivity index (χ1v) is 11.4. The number of hydrogen-bond acceptors (Lipinski definition) is 4. The average Bonchev–Trinajstić information content (AvgIpc) is 3.23. The molecule has 7 nitrogen and oxygen atoms in total. The van der Waals surface area contributed by atoms with Gasteiger partial charge in [-0.3, -0.25) is 4.79 Å². The van der Waals surface area contributed by atoms with Crippen molar-refractivity contribution in [3.63, 3.8) is 0 Å². The predicted molar refractivity (Wildman–Crippen MR) is 119 cm³/mol. The Morgan fingerprint density at radius 3 is 2.26 bits per heavy atom. The fourth-order valence-electron chi connectivity index (χ4n) is 3.83. The fraction of sp³-hybridized carbons (Fsp3) is 0.261. The maximum Gasteiger partial charge on any atom is 0.322 e. The molecule has 0 aliphatic carbocycles. The Morgan fingerprint density at radius 2 is 1.65 bits per heavy atom. The van der Waals surface area contributed by atoms with E-state index in [0.29, 0.717) is 16.6 Å². The maximum atomic E-state index is 12.8. The highest BCUT2D eigenvalue weighted by Crippen LogP contribution is 2.32. The number of carboxylic acid groups (broad SMARTS) is 1. The summed E-state index contributed by atoms with van der Waals surface area (Å²) in [7, 11) is -4.02. The molecule has 0 amide bonds. The van der Waals surface area contributed by atoms with Crippen molar-refractivity contribution in [3.8, 4) is 5.69 Å². The number of aromatic nitrogens is 1. The first-order valence-electron chi connectivity index (χ1n) is 9.95. The number of carbonyl (C=O) groups is 1. The van der Waals surface area contributed by atoms with Gasteiger partial charge in [0, 0.05) is 33.9 Å². The van der Waals surface area contributed by atoms with E-state index in [1.165, 1.54) is 12.1 Å². The zero-order valence-corrected chi connectivity index (χ0v) is 18.5. The Kier molecular flexibility index (Phi) is 5.15. The highest BCUT2D eigenvalue weighted by Gasteiger charge is 2.28. The largest absolute Gasteiger partial charge is 0.480 e. The van der Waals surface area contributed by atoms with E-state index >= 15 is 0 Å². The highest BCUT2D eigenvalue weighted by molar-refractivity contribution is 7.89. The number of hydrogen-bond donors (Lipinski definition) is 2. The van der Waals surface area contributed by atoms with E-state index in [1.54, 1.807) is 19.9 Å². The van der Waals surface area contributed by atoms with Crippen LogP contribution in [0.5, 0.6) is 0 Å². The molecule has 2 aromatic carbocycles. The summed E-state index contributed by atoms with van der Waals surface area (Å²) in [6, 6.07) is 13.2. The quantitative estimate of drug-likeness (QED) is 0.463. The van der Waals surface area contributed by atoms with Crippen LogP contribution in [0.1, 0.15) is 25.2 Å². The molecule has 0 spiro atoms. The summed E-state index contributed by atoms with van der Waals surface area (Å²) in [5.74, 6) is -1.61. The van der Waals surface area contributed by atoms with E-state index in [0.717, 1.165) is 22.5 Å². The van der Waals surface area contributed by atoms with E-state index in [-0.39, 0.29) is 4.90 Å². The molecule has 0 radical (unpaired) electrons. The average molecular weight is 441 g/mol. The summed E-state index contributed by atoms with van der Waals surface area (Å²) in [6.07, 6.45) is 0. The third-order valence-corrected chi connectivity index (χ3v) is 6.92. The Morgan fingerprint density at radius 1 is 0.968 bits per heavy atom. The minimum atomic E-state index is -4.02. The molecule has 8 heteroatoms. The molecular weight excluding hydrogens is 416 g/mol. The number of benzene rings is 2. The molecule has 0 saturated heterocycles. The smallest absolute Gasteiger partial charge is 0.322 e. The third-order valence-electron chi connectivity index (χ3n) is 5.48. The van der Waals surface area contributed by atoms with Gasteiger partial charge in [-0.05, 0) is 62.2 Å². The van der Waals surface area contributed by atoms with Crippen LogP contribution < -0.4 is 4.72 Å². The molecule has 0 fully saturated rings. The van der Waals surface area contributed by atoms with Gasteiger partial charge in [0.2, 0.25) is 10.0 Å². The minimum Gasteiger partial charge on any atom is -0.480 e. The molecule has 0 bridgehead atoms. The van der Waals surface area contributed by atoms with E-state index in [9.17, 15) is 18.3 Å². The number of aryl methyl sites for hydroxylation is 2. The van der Waals surface area contributed by atoms with Gasteiger partial charge in [0.05, 0.1) is 4.90 Å². The Bertz CT molecular complexity index is 1390. The van der Waals surface area contributed by atoms with Crippen LogP contribution in [0.15, 0.2) is 57.8 Å². The van der Waals surface area contributed by atoms with Crippen molar-refractivity contribution in [1.29, 1.82) is 0 Å². The van der Waals surface area contributed by atoms with Crippen LogP contribution in [0, 0.1) is 19.8 Å². The summed E-state index contributed by atoms with van der Waals surface area (Å²) >= 11 is 0. The van der Waals surface area contributed by atoms with Crippen LogP contribution in [0.2, 0.25) is 0 Å². The maximum absolute atomic E-state index is 12.8. The molecule has 1 atom stereocenters. The van der Waals surface area contributed by atoms with Crippen molar-refractivity contribution < 1.29 is 22.7 Å². The molecule has 0 aliphatic heterocycles. The third kappa shape index (κ3) is 3.73. The van der Waals surface area contributed by atoms with Gasteiger partial charge in [0.15, 0.2) is 0 Å². The normalized spacial score (nSPS) is 13.3. The second kappa shape index (κ2) is 7.55. The van der Waals surface area contributed by atoms with Crippen LogP contribution in [0.3, 0.4) is 0 Å². The first-order chi connectivity index (χ1) is 14.6. The predicted octanol–water partition coefficient (Wildman–Crippen LogP) is 4.38. The van der Waals surface area contributed by atoms with E-state index in [4.69, 9.17) is 4.42 Å². The molecule has 4 aromatic rings. The zero-order valence-electron chi connectivity index (χ0n) is 17.7. The number of nitrogens with one attached hydrogen (secondary N) is 1. The van der Waals surface area contributed by atoms with Gasteiger partial charge < -0.3 is 14.1 Å². The second-order valence-electron chi connectivity index (χ2n) is 8.07. The molecule has 2 N–H and O–H groups in total. The van der Waals surface area contributed by atoms with Crippen LogP contribution in [-0.4, -0.2) is 30.1 Å². The number of sulfonamides is 1. The lowest BCUT2D eigenvalue weighted by atomic mass is 10.1. The van der Waals surface area contributed by atoms with E-state index < -0.39 is 28.0 Å². The highest BCUT2D eigenvalue weighted by atomic mass is 32.2. The topological polar surface area (TPSA) is 102 Å². The first kappa shape index (κ1) is 21.1. The van der Waals surface area contributed by atoms with Crippen molar-refractivity contribution in [1.82, 2.24) is 9.29 Å². The number of fused-ring (bicyclic) bond motifs is 3. The van der Waals surface area contributed by atoms with E-state index in [2.05, 4.69) is 9.29 Å². The van der Waals surface area contributed by atoms with Crippen molar-refractivity contribution >= 4 is 37.9 Å². The Balaban J connectivity index is 1.79. The molecule has 2 heterocycles. The molecule has 0 aliphatic rings. The van der Waals surface area contributed by atoms with Gasteiger partial charge in [-0.15, -0.1) is 0 Å². The lowest BCUT2D eigenvalue weighted by Gasteiger charge is -2.17. The lowest BCUT2D eigenvalue weighted by molar-refractivity contribution is -0.140. The van der Waals surface area contributed by atoms with Crippen LogP contribution in [0.4, 0.5) is 0 Å². The number of rotatable bonds is 6. The number of nitrogens with zero attached hydrogens (tertiary/aromatic N) is 1. The molecule has 31 heavy (non-hydrogen) atoms. The van der Waals surface area contributed by atoms with Gasteiger partial charge >= 0.3 is 5.97 Å². The SMILES string of the molecule is Cc1ccc(C)n1-c1ccc2c(c1)oc1ccc(S(=O)(=O)NC(C(=O)O)C(C)C)cc12. The summed E-state index contributed by atoms with van der Waals surface area (Å²) in [5, 5.41) is 10.8. The molecular formula is C23H24N2O5S. The second-order valence-corrected chi connectivity index (χ2v) is 9.79. The van der Waals surface area contributed by atoms with Crippen LogP contribution in [-0.2, 0) is 14.8 Å². The van der Waals surface area contributed by atoms with Gasteiger partial charge in [-0.2, -0.15) is 4.72 Å². The number of carboxylic acids is 1. The van der Waals surface area contributed by atoms with Crippen molar-refractivity contribution in [3.05, 3.63) is 59.9 Å². The number of aliphatic carboxylic acids is 1. The Labute approximate surface area is 180 Å². The summed E-state index contributed by atoms with van der Waals surface area (Å²) in [6.45, 7) is 7.36. The van der Waals surface area contributed by atoms with Gasteiger partial charge in [-0.1, -0.05) is 13.8 Å². The zero-order chi connectivity index (χ0) is 22.5. The van der Waals surface area contributed by atoms with Crippen molar-refractivity contribution in [2.45, 2.75) is 38.6 Å². The molecule has 4 rings (SSSR count). The lowest BCUT2D eigenvalue weighted by Crippen LogP contribution is -2.44. The minimum absolute atomic E-state index is 0.00391. The fourth-order valence-corrected chi connectivity index (χ4v) is 5.20. The van der Waals surface area contributed by atoms with Gasteiger partial charge in [-0.25, -0.2) is 8.42 Å². The summed E-state index contributed by atoms with van der Waals surface area (Å²) in [5.41, 5.74) is 4.37.